The summed E-state index contributed by atoms with van der Waals surface area (Å²) in [5.41, 5.74) is 5.99. The molecule has 1 fully saturated rings. The van der Waals surface area contributed by atoms with Crippen molar-refractivity contribution in [1.29, 1.82) is 0 Å². The molecule has 0 saturated heterocycles. The quantitative estimate of drug-likeness (QED) is 0.297. The predicted octanol–water partition coefficient (Wildman–Crippen LogP) is 4.18. The van der Waals surface area contributed by atoms with Crippen molar-refractivity contribution < 1.29 is 31.5 Å². The van der Waals surface area contributed by atoms with E-state index in [2.05, 4.69) is 15.1 Å². The van der Waals surface area contributed by atoms with Gasteiger partial charge in [-0.2, -0.15) is 27.1 Å². The first-order chi connectivity index (χ1) is 18.3. The lowest BCUT2D eigenvalue weighted by Crippen LogP contribution is -2.53. The Morgan fingerprint density at radius 2 is 1.79 bits per heavy atom. The SMILES string of the molecule is CN(C(=O)C(F)(F)C1CC1)N(Cc1ccc(C(F)(F)F)cn1)C(=O)c1ccc2nc(N)c3cnn(C)c3c2c1. The molecule has 5 rings (SSSR count). The molecule has 0 aliphatic heterocycles. The summed E-state index contributed by atoms with van der Waals surface area (Å²) in [6, 6.07) is 6.16. The number of carbonyl (C=O) groups excluding carboxylic acids is 2. The van der Waals surface area contributed by atoms with Gasteiger partial charge in [-0.15, -0.1) is 0 Å². The lowest BCUT2D eigenvalue weighted by Gasteiger charge is -2.34. The van der Waals surface area contributed by atoms with Crippen LogP contribution in [-0.2, 0) is 24.6 Å². The summed E-state index contributed by atoms with van der Waals surface area (Å²) in [4.78, 5) is 34.6. The molecule has 0 spiro atoms. The number of hydrogen-bond donors (Lipinski definition) is 1. The molecule has 1 saturated carbocycles. The monoisotopic (exact) mass is 547 g/mol. The summed E-state index contributed by atoms with van der Waals surface area (Å²) in [6.45, 7) is -0.543. The minimum atomic E-state index is -4.64. The Morgan fingerprint density at radius 3 is 2.41 bits per heavy atom. The van der Waals surface area contributed by atoms with Gasteiger partial charge in [0.1, 0.15) is 5.82 Å². The van der Waals surface area contributed by atoms with Crippen LogP contribution in [0.4, 0.5) is 27.8 Å². The van der Waals surface area contributed by atoms with Crippen LogP contribution in [0.3, 0.4) is 0 Å². The van der Waals surface area contributed by atoms with Gasteiger partial charge in [0.25, 0.3) is 5.91 Å². The van der Waals surface area contributed by atoms with Crippen molar-refractivity contribution in [2.45, 2.75) is 31.5 Å². The van der Waals surface area contributed by atoms with Crippen molar-refractivity contribution in [3.8, 4) is 0 Å². The Bertz CT molecular complexity index is 1600. The molecule has 14 heteroatoms. The highest BCUT2D eigenvalue weighted by Crippen LogP contribution is 2.44. The summed E-state index contributed by atoms with van der Waals surface area (Å²) in [5, 5.41) is 6.45. The summed E-state index contributed by atoms with van der Waals surface area (Å²) >= 11 is 0. The maximum Gasteiger partial charge on any atom is 0.417 e. The number of halogens is 5. The lowest BCUT2D eigenvalue weighted by molar-refractivity contribution is -0.172. The van der Waals surface area contributed by atoms with E-state index >= 15 is 0 Å². The number of hydrogen-bond acceptors (Lipinski definition) is 6. The number of alkyl halides is 5. The molecule has 1 aromatic carbocycles. The first-order valence-electron chi connectivity index (χ1n) is 11.8. The minimum Gasteiger partial charge on any atom is -0.383 e. The van der Waals surface area contributed by atoms with Crippen LogP contribution in [0.2, 0.25) is 0 Å². The molecule has 2 amide bonds. The van der Waals surface area contributed by atoms with Gasteiger partial charge in [0.05, 0.1) is 40.4 Å². The Balaban J connectivity index is 1.55. The number of carbonyl (C=O) groups is 2. The van der Waals surface area contributed by atoms with Gasteiger partial charge in [-0.1, -0.05) is 0 Å². The Hall–Kier alpha value is -4.36. The Labute approximate surface area is 218 Å². The third kappa shape index (κ3) is 4.70. The summed E-state index contributed by atoms with van der Waals surface area (Å²) in [7, 11) is 2.69. The number of benzene rings is 1. The molecule has 0 unspecified atom stereocenters. The molecule has 0 radical (unpaired) electrons. The number of rotatable bonds is 5. The maximum atomic E-state index is 14.7. The standard InChI is InChI=1S/C25H22F5N7O2/c1-35-20-17-9-13(3-8-19(17)34-21(31)18(20)11-33-35)22(38)37(36(2)23(39)24(26,27)14-4-5-14)12-16-7-6-15(10-32-16)25(28,29)30/h3,6-11,14H,4-5,12H2,1-2H3,(H2,31,34). The van der Waals surface area contributed by atoms with Crippen LogP contribution in [0, 0.1) is 5.92 Å². The van der Waals surface area contributed by atoms with Gasteiger partial charge in [-0.05, 0) is 43.2 Å². The van der Waals surface area contributed by atoms with Crippen LogP contribution in [-0.4, -0.2) is 54.6 Å². The summed E-state index contributed by atoms with van der Waals surface area (Å²) < 4.78 is 70.0. The number of amides is 2. The number of aromatic nitrogens is 4. The van der Waals surface area contributed by atoms with E-state index in [9.17, 15) is 31.5 Å². The van der Waals surface area contributed by atoms with Gasteiger partial charge in [0, 0.05) is 37.2 Å². The number of nitrogens with zero attached hydrogens (tertiary/aromatic N) is 6. The van der Waals surface area contributed by atoms with Crippen LogP contribution in [0.1, 0.15) is 34.5 Å². The van der Waals surface area contributed by atoms with E-state index in [0.717, 1.165) is 24.2 Å². The van der Waals surface area contributed by atoms with Gasteiger partial charge in [0.15, 0.2) is 0 Å². The fraction of sp³-hybridized carbons (Fsp3) is 0.320. The number of fused-ring (bicyclic) bond motifs is 3. The molecule has 204 valence electrons. The lowest BCUT2D eigenvalue weighted by atomic mass is 10.1. The van der Waals surface area contributed by atoms with Gasteiger partial charge in [-0.3, -0.25) is 19.3 Å². The van der Waals surface area contributed by atoms with E-state index in [4.69, 9.17) is 5.73 Å². The smallest absolute Gasteiger partial charge is 0.383 e. The van der Waals surface area contributed by atoms with Crippen LogP contribution in [0.5, 0.6) is 0 Å². The second kappa shape index (κ2) is 9.13. The van der Waals surface area contributed by atoms with E-state index in [1.165, 1.54) is 24.4 Å². The van der Waals surface area contributed by atoms with E-state index in [-0.39, 0.29) is 29.9 Å². The maximum absolute atomic E-state index is 14.7. The van der Waals surface area contributed by atoms with Crippen LogP contribution < -0.4 is 5.73 Å². The second-order valence-electron chi connectivity index (χ2n) is 9.38. The average molecular weight is 547 g/mol. The number of nitrogen functional groups attached to an aromatic ring is 1. The molecule has 1 aliphatic rings. The van der Waals surface area contributed by atoms with Crippen molar-refractivity contribution in [2.75, 3.05) is 12.8 Å². The molecule has 2 N–H and O–H groups in total. The molecule has 0 atom stereocenters. The highest BCUT2D eigenvalue weighted by molar-refractivity contribution is 6.10. The zero-order chi connectivity index (χ0) is 28.3. The highest BCUT2D eigenvalue weighted by Gasteiger charge is 2.55. The van der Waals surface area contributed by atoms with E-state index in [1.54, 1.807) is 11.7 Å². The third-order valence-electron chi connectivity index (χ3n) is 6.68. The molecular weight excluding hydrogens is 525 g/mol. The van der Waals surface area contributed by atoms with Gasteiger partial charge in [0.2, 0.25) is 0 Å². The number of anilines is 1. The number of nitrogens with two attached hydrogens (primary N) is 1. The average Bonchev–Trinajstić information content (AvgIpc) is 3.68. The van der Waals surface area contributed by atoms with Crippen molar-refractivity contribution in [3.63, 3.8) is 0 Å². The zero-order valence-electron chi connectivity index (χ0n) is 20.7. The van der Waals surface area contributed by atoms with Gasteiger partial charge in [-0.25, -0.2) is 15.0 Å². The largest absolute Gasteiger partial charge is 0.417 e. The fourth-order valence-electron chi connectivity index (χ4n) is 4.34. The highest BCUT2D eigenvalue weighted by atomic mass is 19.4. The van der Waals surface area contributed by atoms with Crippen LogP contribution in [0.15, 0.2) is 42.7 Å². The van der Waals surface area contributed by atoms with E-state index in [0.29, 0.717) is 33.0 Å². The number of hydrazine groups is 1. The predicted molar refractivity (Wildman–Crippen MR) is 130 cm³/mol. The number of aryl methyl sites for hydroxylation is 1. The summed E-state index contributed by atoms with van der Waals surface area (Å²) in [5.74, 6) is -7.08. The van der Waals surface area contributed by atoms with E-state index < -0.39 is 41.9 Å². The molecule has 1 aliphatic carbocycles. The Kier molecular flexibility index (Phi) is 6.15. The molecular formula is C25H22F5N7O2. The van der Waals surface area contributed by atoms with Crippen molar-refractivity contribution in [3.05, 3.63) is 59.5 Å². The zero-order valence-corrected chi connectivity index (χ0v) is 20.7. The fourth-order valence-corrected chi connectivity index (χ4v) is 4.34. The van der Waals surface area contributed by atoms with Gasteiger partial charge < -0.3 is 5.73 Å². The van der Waals surface area contributed by atoms with Gasteiger partial charge >= 0.3 is 18.0 Å². The molecule has 39 heavy (non-hydrogen) atoms. The molecule has 4 aromatic rings. The topological polar surface area (TPSA) is 110 Å². The van der Waals surface area contributed by atoms with Crippen molar-refractivity contribution in [2.24, 2.45) is 13.0 Å². The Morgan fingerprint density at radius 1 is 1.08 bits per heavy atom. The van der Waals surface area contributed by atoms with Crippen LogP contribution >= 0.6 is 0 Å². The third-order valence-corrected chi connectivity index (χ3v) is 6.68. The molecule has 3 heterocycles. The van der Waals surface area contributed by atoms with Crippen molar-refractivity contribution >= 4 is 39.4 Å². The molecule has 3 aromatic heterocycles. The van der Waals surface area contributed by atoms with Crippen LogP contribution in [0.25, 0.3) is 21.8 Å². The number of pyridine rings is 2. The summed E-state index contributed by atoms with van der Waals surface area (Å²) in [6.07, 6.45) is -2.21. The minimum absolute atomic E-state index is 0.0119. The first kappa shape index (κ1) is 26.3. The molecule has 9 nitrogen and oxygen atoms in total. The van der Waals surface area contributed by atoms with Crippen molar-refractivity contribution in [1.82, 2.24) is 29.8 Å². The molecule has 0 bridgehead atoms. The first-order valence-corrected chi connectivity index (χ1v) is 11.8. The normalized spacial score (nSPS) is 14.1. The van der Waals surface area contributed by atoms with E-state index in [1.807, 2.05) is 0 Å². The second-order valence-corrected chi connectivity index (χ2v) is 9.38.